The molecule has 0 fully saturated rings. The molecule has 2 rings (SSSR count). The number of aryl methyl sites for hydroxylation is 1. The molecule has 126 valence electrons. The van der Waals surface area contributed by atoms with Crippen molar-refractivity contribution in [2.75, 3.05) is 5.32 Å². The van der Waals surface area contributed by atoms with Gasteiger partial charge in [-0.15, -0.1) is 0 Å². The van der Waals surface area contributed by atoms with Crippen molar-refractivity contribution < 1.29 is 19.4 Å². The molecule has 0 bridgehead atoms. The van der Waals surface area contributed by atoms with E-state index in [9.17, 15) is 14.7 Å². The van der Waals surface area contributed by atoms with E-state index in [1.54, 1.807) is 6.07 Å². The molecule has 0 saturated heterocycles. The van der Waals surface area contributed by atoms with E-state index in [0.717, 1.165) is 10.0 Å². The number of amides is 1. The van der Waals surface area contributed by atoms with Gasteiger partial charge in [0, 0.05) is 9.50 Å². The molecule has 0 radical (unpaired) electrons. The fourth-order valence-electron chi connectivity index (χ4n) is 1.91. The Labute approximate surface area is 152 Å². The van der Waals surface area contributed by atoms with Gasteiger partial charge in [0.2, 0.25) is 0 Å². The highest BCUT2D eigenvalue weighted by atomic mass is 79.9. The van der Waals surface area contributed by atoms with Crippen LogP contribution in [0.2, 0.25) is 5.02 Å². The number of hydrogen-bond donors (Lipinski definition) is 2. The van der Waals surface area contributed by atoms with Crippen LogP contribution in [0.1, 0.15) is 22.8 Å². The van der Waals surface area contributed by atoms with Crippen molar-refractivity contribution in [3.05, 3.63) is 57.0 Å². The first-order valence-electron chi connectivity index (χ1n) is 7.04. The highest BCUT2D eigenvalue weighted by Crippen LogP contribution is 2.25. The number of phenolic OH excluding ortho intramolecular Hbond substituents is 1. The summed E-state index contributed by atoms with van der Waals surface area (Å²) in [5, 5.41) is 12.7. The number of halogens is 2. The van der Waals surface area contributed by atoms with Crippen molar-refractivity contribution in [2.24, 2.45) is 0 Å². The second-order valence-electron chi connectivity index (χ2n) is 5.18. The Kier molecular flexibility index (Phi) is 5.85. The molecule has 5 nitrogen and oxygen atoms in total. The van der Waals surface area contributed by atoms with Crippen LogP contribution in [-0.4, -0.2) is 23.1 Å². The molecule has 0 saturated carbocycles. The molecule has 0 aliphatic heterocycles. The molecule has 7 heteroatoms. The van der Waals surface area contributed by atoms with E-state index in [1.165, 1.54) is 25.1 Å². The number of ether oxygens (including phenoxy) is 1. The van der Waals surface area contributed by atoms with Crippen LogP contribution < -0.4 is 5.32 Å². The summed E-state index contributed by atoms with van der Waals surface area (Å²) in [5.74, 6) is -1.60. The maximum atomic E-state index is 12.2. The lowest BCUT2D eigenvalue weighted by Crippen LogP contribution is -2.30. The summed E-state index contributed by atoms with van der Waals surface area (Å²) in [5.41, 5.74) is 1.55. The number of rotatable bonds is 4. The first-order valence-corrected chi connectivity index (χ1v) is 8.21. The van der Waals surface area contributed by atoms with Gasteiger partial charge in [-0.25, -0.2) is 4.79 Å². The van der Waals surface area contributed by atoms with Crippen LogP contribution in [0.15, 0.2) is 40.9 Å². The van der Waals surface area contributed by atoms with Crippen molar-refractivity contribution in [3.8, 4) is 5.75 Å². The molecule has 1 amide bonds. The van der Waals surface area contributed by atoms with Gasteiger partial charge in [0.05, 0.1) is 5.69 Å². The molecule has 0 aromatic heterocycles. The van der Waals surface area contributed by atoms with Gasteiger partial charge in [0.25, 0.3) is 5.91 Å². The lowest BCUT2D eigenvalue weighted by Gasteiger charge is -2.15. The summed E-state index contributed by atoms with van der Waals surface area (Å²) in [7, 11) is 0. The Morgan fingerprint density at radius 3 is 2.58 bits per heavy atom. The lowest BCUT2D eigenvalue weighted by molar-refractivity contribution is -0.123. The van der Waals surface area contributed by atoms with Gasteiger partial charge < -0.3 is 15.2 Å². The molecule has 2 aromatic carbocycles. The van der Waals surface area contributed by atoms with Gasteiger partial charge >= 0.3 is 5.97 Å². The van der Waals surface area contributed by atoms with Crippen molar-refractivity contribution in [1.29, 1.82) is 0 Å². The third kappa shape index (κ3) is 4.49. The zero-order chi connectivity index (χ0) is 17.9. The number of anilines is 1. The zero-order valence-corrected chi connectivity index (χ0v) is 15.3. The fraction of sp³-hybridized carbons (Fsp3) is 0.176. The quantitative estimate of drug-likeness (QED) is 0.734. The van der Waals surface area contributed by atoms with Gasteiger partial charge in [-0.2, -0.15) is 0 Å². The first-order chi connectivity index (χ1) is 11.3. The van der Waals surface area contributed by atoms with Crippen molar-refractivity contribution >= 4 is 45.1 Å². The Morgan fingerprint density at radius 1 is 1.25 bits per heavy atom. The summed E-state index contributed by atoms with van der Waals surface area (Å²) < 4.78 is 5.81. The van der Waals surface area contributed by atoms with Crippen molar-refractivity contribution in [1.82, 2.24) is 0 Å². The predicted octanol–water partition coefficient (Wildman–Crippen LogP) is 4.30. The van der Waals surface area contributed by atoms with Gasteiger partial charge in [-0.05, 0) is 65.7 Å². The normalized spacial score (nSPS) is 11.7. The highest BCUT2D eigenvalue weighted by Gasteiger charge is 2.21. The maximum Gasteiger partial charge on any atom is 0.342 e. The molecule has 0 heterocycles. The average Bonchev–Trinajstić information content (AvgIpc) is 2.49. The standard InChI is InChI=1S/C17H15BrClNO4/c1-9-3-6-14(13(18)7-9)20-16(22)10(2)24-17(23)12-5-4-11(19)8-15(12)21/h3-8,10,21H,1-2H3,(H,20,22)/t10-/m0/s1. The Hall–Kier alpha value is -2.05. The van der Waals surface area contributed by atoms with Crippen LogP contribution >= 0.6 is 27.5 Å². The van der Waals surface area contributed by atoms with E-state index in [0.29, 0.717) is 10.7 Å². The number of phenols is 1. The average molecular weight is 413 g/mol. The van der Waals surface area contributed by atoms with E-state index in [4.69, 9.17) is 16.3 Å². The molecule has 0 aliphatic rings. The van der Waals surface area contributed by atoms with Crippen molar-refractivity contribution in [3.63, 3.8) is 0 Å². The molecule has 1 atom stereocenters. The van der Waals surface area contributed by atoms with Crippen LogP contribution in [0, 0.1) is 6.92 Å². The molecule has 2 N–H and O–H groups in total. The van der Waals surface area contributed by atoms with Crippen LogP contribution in [0.25, 0.3) is 0 Å². The minimum absolute atomic E-state index is 0.0597. The van der Waals surface area contributed by atoms with Crippen LogP contribution in [0.5, 0.6) is 5.75 Å². The minimum Gasteiger partial charge on any atom is -0.507 e. The smallest absolute Gasteiger partial charge is 0.342 e. The summed E-state index contributed by atoms with van der Waals surface area (Å²) in [6, 6.07) is 9.47. The van der Waals surface area contributed by atoms with E-state index in [2.05, 4.69) is 21.2 Å². The van der Waals surface area contributed by atoms with Gasteiger partial charge in [-0.1, -0.05) is 17.7 Å². The summed E-state index contributed by atoms with van der Waals surface area (Å²) in [6.07, 6.45) is -1.04. The number of esters is 1. The number of nitrogens with one attached hydrogen (secondary N) is 1. The number of carbonyl (C=O) groups is 2. The molecule has 0 aliphatic carbocycles. The lowest BCUT2D eigenvalue weighted by atomic mass is 10.2. The highest BCUT2D eigenvalue weighted by molar-refractivity contribution is 9.10. The monoisotopic (exact) mass is 411 g/mol. The number of carbonyl (C=O) groups excluding carboxylic acids is 2. The van der Waals surface area contributed by atoms with Gasteiger partial charge in [0.1, 0.15) is 11.3 Å². The third-order valence-corrected chi connectivity index (χ3v) is 4.11. The van der Waals surface area contributed by atoms with Crippen molar-refractivity contribution in [2.45, 2.75) is 20.0 Å². The number of benzene rings is 2. The van der Waals surface area contributed by atoms with Gasteiger partial charge in [-0.3, -0.25) is 4.79 Å². The van der Waals surface area contributed by atoms with E-state index in [1.807, 2.05) is 19.1 Å². The van der Waals surface area contributed by atoms with Crippen LogP contribution in [0.3, 0.4) is 0 Å². The fourth-order valence-corrected chi connectivity index (χ4v) is 2.67. The molecular weight excluding hydrogens is 398 g/mol. The van der Waals surface area contributed by atoms with E-state index in [-0.39, 0.29) is 11.3 Å². The molecule has 2 aromatic rings. The summed E-state index contributed by atoms with van der Waals surface area (Å²) >= 11 is 9.07. The third-order valence-electron chi connectivity index (χ3n) is 3.22. The van der Waals surface area contributed by atoms with E-state index >= 15 is 0 Å². The largest absolute Gasteiger partial charge is 0.507 e. The predicted molar refractivity (Wildman–Crippen MR) is 95.5 cm³/mol. The van der Waals surface area contributed by atoms with E-state index < -0.39 is 18.0 Å². The summed E-state index contributed by atoms with van der Waals surface area (Å²) in [6.45, 7) is 3.38. The molecule has 0 unspecified atom stereocenters. The topological polar surface area (TPSA) is 75.6 Å². The second-order valence-corrected chi connectivity index (χ2v) is 6.47. The maximum absolute atomic E-state index is 12.2. The van der Waals surface area contributed by atoms with Crippen LogP contribution in [0.4, 0.5) is 5.69 Å². The number of aromatic hydroxyl groups is 1. The Balaban J connectivity index is 2.04. The first kappa shape index (κ1) is 18.3. The Morgan fingerprint density at radius 2 is 1.96 bits per heavy atom. The molecule has 24 heavy (non-hydrogen) atoms. The van der Waals surface area contributed by atoms with Gasteiger partial charge in [0.15, 0.2) is 6.10 Å². The SMILES string of the molecule is Cc1ccc(NC(=O)[C@H](C)OC(=O)c2ccc(Cl)cc2O)c(Br)c1. The summed E-state index contributed by atoms with van der Waals surface area (Å²) in [4.78, 5) is 24.2. The molecular formula is C17H15BrClNO4. The Bertz CT molecular complexity index is 794. The number of hydrogen-bond acceptors (Lipinski definition) is 4. The zero-order valence-electron chi connectivity index (χ0n) is 13.0. The minimum atomic E-state index is -1.04. The second kappa shape index (κ2) is 7.68. The molecule has 0 spiro atoms. The van der Waals surface area contributed by atoms with Crippen LogP contribution in [-0.2, 0) is 9.53 Å².